The zero-order valence-electron chi connectivity index (χ0n) is 8.13. The van der Waals surface area contributed by atoms with Crippen molar-refractivity contribution in [2.24, 2.45) is 0 Å². The molecule has 0 fully saturated rings. The molecule has 0 amide bonds. The van der Waals surface area contributed by atoms with Gasteiger partial charge in [0.25, 0.3) is 5.69 Å². The molecule has 1 heterocycles. The monoisotopic (exact) mass is 234 g/mol. The second-order valence-corrected chi connectivity index (χ2v) is 3.55. The van der Waals surface area contributed by atoms with Gasteiger partial charge in [-0.2, -0.15) is 0 Å². The highest BCUT2D eigenvalue weighted by atomic mass is 35.5. The van der Waals surface area contributed by atoms with E-state index in [9.17, 15) is 10.1 Å². The highest BCUT2D eigenvalue weighted by Crippen LogP contribution is 2.34. The molecular weight excluding hydrogens is 228 g/mol. The van der Waals surface area contributed by atoms with Crippen LogP contribution in [-0.4, -0.2) is 9.91 Å². The Morgan fingerprint density at radius 3 is 2.50 bits per heavy atom. The summed E-state index contributed by atoms with van der Waals surface area (Å²) in [6, 6.07) is 9.01. The van der Waals surface area contributed by atoms with Gasteiger partial charge in [-0.05, 0) is 5.56 Å². The molecule has 0 saturated carbocycles. The Balaban J connectivity index is 2.66. The van der Waals surface area contributed by atoms with Crippen molar-refractivity contribution >= 4 is 17.3 Å². The summed E-state index contributed by atoms with van der Waals surface area (Å²) in [4.78, 5) is 14.3. The number of nitrogens with zero attached hydrogens (tertiary/aromatic N) is 2. The van der Waals surface area contributed by atoms with Crippen LogP contribution in [0.15, 0.2) is 42.7 Å². The second-order valence-electron chi connectivity index (χ2n) is 3.14. The Kier molecular flexibility index (Phi) is 2.83. The van der Waals surface area contributed by atoms with E-state index in [1.807, 2.05) is 6.07 Å². The van der Waals surface area contributed by atoms with Crippen molar-refractivity contribution in [3.05, 3.63) is 57.9 Å². The number of rotatable bonds is 2. The fraction of sp³-hybridized carbons (Fsp3) is 0. The molecule has 0 unspecified atom stereocenters. The summed E-state index contributed by atoms with van der Waals surface area (Å²) in [5, 5.41) is 11.0. The number of halogens is 1. The fourth-order valence-electron chi connectivity index (χ4n) is 1.44. The van der Waals surface area contributed by atoms with E-state index in [1.165, 1.54) is 12.4 Å². The van der Waals surface area contributed by atoms with Crippen molar-refractivity contribution in [1.29, 1.82) is 0 Å². The molecule has 0 spiro atoms. The van der Waals surface area contributed by atoms with E-state index >= 15 is 0 Å². The van der Waals surface area contributed by atoms with Crippen molar-refractivity contribution in [3.8, 4) is 11.1 Å². The fourth-order valence-corrected chi connectivity index (χ4v) is 1.67. The molecule has 16 heavy (non-hydrogen) atoms. The summed E-state index contributed by atoms with van der Waals surface area (Å²) < 4.78 is 0. The Hall–Kier alpha value is -1.94. The van der Waals surface area contributed by atoms with Crippen molar-refractivity contribution in [1.82, 2.24) is 4.98 Å². The van der Waals surface area contributed by atoms with Crippen molar-refractivity contribution in [2.45, 2.75) is 0 Å². The van der Waals surface area contributed by atoms with Crippen LogP contribution >= 0.6 is 11.6 Å². The Morgan fingerprint density at radius 2 is 1.88 bits per heavy atom. The summed E-state index contributed by atoms with van der Waals surface area (Å²) in [5.41, 5.74) is 1.05. The number of hydrogen-bond donors (Lipinski definition) is 0. The topological polar surface area (TPSA) is 56.0 Å². The molecule has 4 nitrogen and oxygen atoms in total. The van der Waals surface area contributed by atoms with Gasteiger partial charge in [0.05, 0.1) is 16.7 Å². The molecule has 0 saturated heterocycles. The lowest BCUT2D eigenvalue weighted by atomic mass is 10.1. The first-order valence-corrected chi connectivity index (χ1v) is 4.91. The zero-order chi connectivity index (χ0) is 11.5. The van der Waals surface area contributed by atoms with Gasteiger partial charge < -0.3 is 0 Å². The van der Waals surface area contributed by atoms with Crippen LogP contribution in [0.3, 0.4) is 0 Å². The molecule has 2 aromatic rings. The van der Waals surface area contributed by atoms with Gasteiger partial charge in [0.15, 0.2) is 0 Å². The summed E-state index contributed by atoms with van der Waals surface area (Å²) in [6.45, 7) is 0. The van der Waals surface area contributed by atoms with E-state index in [4.69, 9.17) is 11.6 Å². The number of benzene rings is 1. The summed E-state index contributed by atoms with van der Waals surface area (Å²) >= 11 is 5.77. The highest BCUT2D eigenvalue weighted by molar-refractivity contribution is 6.33. The molecule has 0 atom stereocenters. The lowest BCUT2D eigenvalue weighted by Gasteiger charge is -2.03. The van der Waals surface area contributed by atoms with E-state index in [2.05, 4.69) is 4.98 Å². The van der Waals surface area contributed by atoms with E-state index < -0.39 is 4.92 Å². The molecule has 1 aromatic heterocycles. The van der Waals surface area contributed by atoms with Crippen LogP contribution in [0, 0.1) is 10.1 Å². The van der Waals surface area contributed by atoms with Gasteiger partial charge in [0, 0.05) is 6.20 Å². The first kappa shape index (κ1) is 10.6. The minimum atomic E-state index is -0.494. The van der Waals surface area contributed by atoms with Crippen molar-refractivity contribution in [2.75, 3.05) is 0 Å². The van der Waals surface area contributed by atoms with Gasteiger partial charge in [-0.15, -0.1) is 0 Å². The lowest BCUT2D eigenvalue weighted by Crippen LogP contribution is -1.94. The lowest BCUT2D eigenvalue weighted by molar-refractivity contribution is -0.384. The van der Waals surface area contributed by atoms with Gasteiger partial charge in [-0.3, -0.25) is 15.1 Å². The number of aromatic nitrogens is 1. The van der Waals surface area contributed by atoms with Crippen molar-refractivity contribution in [3.63, 3.8) is 0 Å². The largest absolute Gasteiger partial charge is 0.298 e. The molecule has 1 aromatic carbocycles. The maximum Gasteiger partial charge on any atom is 0.298 e. The van der Waals surface area contributed by atoms with Gasteiger partial charge in [-0.1, -0.05) is 41.9 Å². The number of hydrogen-bond acceptors (Lipinski definition) is 3. The molecule has 0 N–H and O–H groups in total. The van der Waals surface area contributed by atoms with E-state index in [0.717, 1.165) is 5.56 Å². The quantitative estimate of drug-likeness (QED) is 0.592. The van der Waals surface area contributed by atoms with Gasteiger partial charge in [-0.25, -0.2) is 0 Å². The molecule has 2 rings (SSSR count). The van der Waals surface area contributed by atoms with Gasteiger partial charge in [0.2, 0.25) is 0 Å². The highest BCUT2D eigenvalue weighted by Gasteiger charge is 2.19. The van der Waals surface area contributed by atoms with Crippen LogP contribution in [-0.2, 0) is 0 Å². The Labute approximate surface area is 96.7 Å². The van der Waals surface area contributed by atoms with Crippen LogP contribution in [0.2, 0.25) is 5.02 Å². The van der Waals surface area contributed by atoms with Crippen LogP contribution in [0.25, 0.3) is 11.1 Å². The third-order valence-corrected chi connectivity index (χ3v) is 2.42. The summed E-state index contributed by atoms with van der Waals surface area (Å²) in [5.74, 6) is 0. The Morgan fingerprint density at radius 1 is 1.19 bits per heavy atom. The molecule has 0 aliphatic carbocycles. The molecular formula is C11H7ClN2O2. The van der Waals surface area contributed by atoms with E-state index in [-0.39, 0.29) is 10.7 Å². The molecule has 80 valence electrons. The predicted molar refractivity (Wildman–Crippen MR) is 61.3 cm³/mol. The molecule has 5 heteroatoms. The number of nitro groups is 1. The average molecular weight is 235 g/mol. The molecule has 0 aliphatic rings. The van der Waals surface area contributed by atoms with Crippen LogP contribution in [0.1, 0.15) is 0 Å². The third-order valence-electron chi connectivity index (χ3n) is 2.14. The molecule has 0 bridgehead atoms. The second kappa shape index (κ2) is 4.28. The zero-order valence-corrected chi connectivity index (χ0v) is 8.89. The van der Waals surface area contributed by atoms with E-state index in [1.54, 1.807) is 24.3 Å². The smallest absolute Gasteiger partial charge is 0.262 e. The van der Waals surface area contributed by atoms with Gasteiger partial charge in [0.1, 0.15) is 5.02 Å². The third kappa shape index (κ3) is 1.87. The van der Waals surface area contributed by atoms with Crippen LogP contribution < -0.4 is 0 Å². The minimum absolute atomic E-state index is 0.0475. The first-order chi connectivity index (χ1) is 7.70. The maximum absolute atomic E-state index is 10.9. The van der Waals surface area contributed by atoms with Gasteiger partial charge >= 0.3 is 0 Å². The maximum atomic E-state index is 10.9. The average Bonchev–Trinajstić information content (AvgIpc) is 2.29. The summed E-state index contributed by atoms with van der Waals surface area (Å²) in [6.07, 6.45) is 2.71. The Bertz CT molecular complexity index is 529. The van der Waals surface area contributed by atoms with Crippen molar-refractivity contribution < 1.29 is 4.92 Å². The summed E-state index contributed by atoms with van der Waals surface area (Å²) in [7, 11) is 0. The van der Waals surface area contributed by atoms with E-state index in [0.29, 0.717) is 5.56 Å². The standard InChI is InChI=1S/C11H7ClN2O2/c12-10-7-13-6-9(11(10)14(15)16)8-4-2-1-3-5-8/h1-7H. The molecule has 0 aliphatic heterocycles. The predicted octanol–water partition coefficient (Wildman–Crippen LogP) is 3.31. The first-order valence-electron chi connectivity index (χ1n) is 4.53. The van der Waals surface area contributed by atoms with Crippen LogP contribution in [0.4, 0.5) is 5.69 Å². The molecule has 0 radical (unpaired) electrons. The van der Waals surface area contributed by atoms with Crippen LogP contribution in [0.5, 0.6) is 0 Å². The SMILES string of the molecule is O=[N+]([O-])c1c(Cl)cncc1-c1ccccc1. The number of pyridine rings is 1. The minimum Gasteiger partial charge on any atom is -0.262 e. The normalized spacial score (nSPS) is 10.1.